The predicted octanol–water partition coefficient (Wildman–Crippen LogP) is 1.87. The normalized spacial score (nSPS) is 17.7. The molecular weight excluding hydrogens is 228 g/mol. The number of hydrogen-bond donors (Lipinski definition) is 2. The molecule has 1 aromatic rings. The van der Waals surface area contributed by atoms with Gasteiger partial charge in [0.05, 0.1) is 12.1 Å². The maximum atomic E-state index is 5.91. The van der Waals surface area contributed by atoms with E-state index in [1.165, 1.54) is 12.8 Å². The Balaban J connectivity index is 2.17. The molecule has 0 saturated heterocycles. The van der Waals surface area contributed by atoms with Crippen molar-refractivity contribution >= 4 is 5.82 Å². The van der Waals surface area contributed by atoms with E-state index in [-0.39, 0.29) is 5.54 Å². The molecule has 1 aliphatic carbocycles. The molecule has 0 radical (unpaired) electrons. The highest BCUT2D eigenvalue weighted by Gasteiger charge is 2.32. The van der Waals surface area contributed by atoms with Crippen LogP contribution >= 0.6 is 0 Å². The Morgan fingerprint density at radius 1 is 1.39 bits per heavy atom. The molecular formula is C13H22N4O. The van der Waals surface area contributed by atoms with Crippen LogP contribution in [0, 0.1) is 6.92 Å². The van der Waals surface area contributed by atoms with Crippen LogP contribution in [0.3, 0.4) is 0 Å². The zero-order valence-electron chi connectivity index (χ0n) is 11.2. The lowest BCUT2D eigenvalue weighted by atomic mass is 9.98. The molecule has 0 spiro atoms. The van der Waals surface area contributed by atoms with Crippen LogP contribution in [0.2, 0.25) is 0 Å². The summed E-state index contributed by atoms with van der Waals surface area (Å²) in [6.07, 6.45) is 4.67. The molecule has 1 heterocycles. The second-order valence-electron chi connectivity index (χ2n) is 4.89. The predicted molar refractivity (Wildman–Crippen MR) is 71.8 cm³/mol. The van der Waals surface area contributed by atoms with Gasteiger partial charge in [-0.1, -0.05) is 12.8 Å². The van der Waals surface area contributed by atoms with Gasteiger partial charge in [-0.25, -0.2) is 4.98 Å². The molecule has 2 rings (SSSR count). The van der Waals surface area contributed by atoms with Crippen LogP contribution in [-0.2, 0) is 0 Å². The third-order valence-corrected chi connectivity index (χ3v) is 3.45. The molecule has 5 nitrogen and oxygen atoms in total. The second-order valence-corrected chi connectivity index (χ2v) is 4.89. The van der Waals surface area contributed by atoms with Gasteiger partial charge in [-0.05, 0) is 26.7 Å². The Morgan fingerprint density at radius 2 is 2.11 bits per heavy atom. The lowest BCUT2D eigenvalue weighted by Crippen LogP contribution is -2.43. The van der Waals surface area contributed by atoms with Crippen LogP contribution in [0.4, 0.5) is 5.82 Å². The van der Waals surface area contributed by atoms with E-state index in [1.54, 1.807) is 0 Å². The number of hydrogen-bond acceptors (Lipinski definition) is 5. The number of ether oxygens (including phenoxy) is 1. The average Bonchev–Trinajstić information content (AvgIpc) is 2.78. The van der Waals surface area contributed by atoms with Gasteiger partial charge in [-0.15, -0.1) is 0 Å². The van der Waals surface area contributed by atoms with Crippen molar-refractivity contribution in [1.82, 2.24) is 9.97 Å². The molecule has 1 fully saturated rings. The Bertz CT molecular complexity index is 402. The summed E-state index contributed by atoms with van der Waals surface area (Å²) in [5.74, 6) is 2.16. The summed E-state index contributed by atoms with van der Waals surface area (Å²) < 4.78 is 5.44. The summed E-state index contributed by atoms with van der Waals surface area (Å²) >= 11 is 0. The van der Waals surface area contributed by atoms with Crippen LogP contribution in [0.5, 0.6) is 5.88 Å². The SMILES string of the molecule is CCOc1cc(NC2(CN)CCCC2)nc(C)n1. The summed E-state index contributed by atoms with van der Waals surface area (Å²) in [4.78, 5) is 8.66. The minimum atomic E-state index is 0.00424. The number of nitrogens with two attached hydrogens (primary N) is 1. The lowest BCUT2D eigenvalue weighted by Gasteiger charge is -2.29. The summed E-state index contributed by atoms with van der Waals surface area (Å²) in [5.41, 5.74) is 5.92. The molecule has 1 aliphatic rings. The van der Waals surface area contributed by atoms with Crippen molar-refractivity contribution in [2.24, 2.45) is 5.73 Å². The van der Waals surface area contributed by atoms with E-state index < -0.39 is 0 Å². The first-order valence-electron chi connectivity index (χ1n) is 6.64. The fourth-order valence-corrected chi connectivity index (χ4v) is 2.53. The van der Waals surface area contributed by atoms with Crippen LogP contribution in [0.1, 0.15) is 38.4 Å². The number of aryl methyl sites for hydroxylation is 1. The van der Waals surface area contributed by atoms with Crippen molar-refractivity contribution in [2.45, 2.75) is 45.1 Å². The van der Waals surface area contributed by atoms with E-state index in [1.807, 2.05) is 19.9 Å². The highest BCUT2D eigenvalue weighted by atomic mass is 16.5. The first kappa shape index (κ1) is 13.1. The van der Waals surface area contributed by atoms with Crippen LogP contribution in [0.15, 0.2) is 6.07 Å². The molecule has 100 valence electrons. The monoisotopic (exact) mass is 250 g/mol. The number of rotatable bonds is 5. The van der Waals surface area contributed by atoms with E-state index in [2.05, 4.69) is 15.3 Å². The van der Waals surface area contributed by atoms with Crippen LogP contribution in [-0.4, -0.2) is 28.7 Å². The van der Waals surface area contributed by atoms with Gasteiger partial charge in [-0.2, -0.15) is 4.98 Å². The van der Waals surface area contributed by atoms with Gasteiger partial charge >= 0.3 is 0 Å². The van der Waals surface area contributed by atoms with E-state index >= 15 is 0 Å². The zero-order chi connectivity index (χ0) is 13.0. The summed E-state index contributed by atoms with van der Waals surface area (Å²) in [6, 6.07) is 1.85. The van der Waals surface area contributed by atoms with Gasteiger partial charge in [-0.3, -0.25) is 0 Å². The molecule has 0 unspecified atom stereocenters. The summed E-state index contributed by atoms with van der Waals surface area (Å²) in [6.45, 7) is 5.07. The molecule has 5 heteroatoms. The highest BCUT2D eigenvalue weighted by Crippen LogP contribution is 2.32. The largest absolute Gasteiger partial charge is 0.478 e. The van der Waals surface area contributed by atoms with E-state index in [9.17, 15) is 0 Å². The average molecular weight is 250 g/mol. The molecule has 18 heavy (non-hydrogen) atoms. The van der Waals surface area contributed by atoms with Crippen molar-refractivity contribution in [3.63, 3.8) is 0 Å². The molecule has 0 atom stereocenters. The second kappa shape index (κ2) is 5.52. The number of aromatic nitrogens is 2. The van der Waals surface area contributed by atoms with Crippen LogP contribution in [0.25, 0.3) is 0 Å². The zero-order valence-corrected chi connectivity index (χ0v) is 11.2. The van der Waals surface area contributed by atoms with Gasteiger partial charge < -0.3 is 15.8 Å². The molecule has 1 saturated carbocycles. The molecule has 0 aromatic carbocycles. The van der Waals surface area contributed by atoms with Crippen molar-refractivity contribution in [3.05, 3.63) is 11.9 Å². The molecule has 1 aromatic heterocycles. The van der Waals surface area contributed by atoms with Gasteiger partial charge in [0.2, 0.25) is 5.88 Å². The van der Waals surface area contributed by atoms with Crippen molar-refractivity contribution in [1.29, 1.82) is 0 Å². The first-order valence-corrected chi connectivity index (χ1v) is 6.64. The Labute approximate surface area is 108 Å². The van der Waals surface area contributed by atoms with Crippen molar-refractivity contribution in [3.8, 4) is 5.88 Å². The van der Waals surface area contributed by atoms with E-state index in [0.29, 0.717) is 24.9 Å². The maximum absolute atomic E-state index is 5.91. The van der Waals surface area contributed by atoms with Gasteiger partial charge in [0.1, 0.15) is 11.6 Å². The number of anilines is 1. The topological polar surface area (TPSA) is 73.1 Å². The third kappa shape index (κ3) is 2.90. The van der Waals surface area contributed by atoms with Crippen LogP contribution < -0.4 is 15.8 Å². The fraction of sp³-hybridized carbons (Fsp3) is 0.692. The van der Waals surface area contributed by atoms with Gasteiger partial charge in [0, 0.05) is 12.6 Å². The molecule has 0 amide bonds. The quantitative estimate of drug-likeness (QED) is 0.834. The molecule has 0 aliphatic heterocycles. The van der Waals surface area contributed by atoms with Crippen molar-refractivity contribution < 1.29 is 4.74 Å². The maximum Gasteiger partial charge on any atom is 0.218 e. The number of nitrogens with one attached hydrogen (secondary N) is 1. The standard InChI is InChI=1S/C13H22N4O/c1-3-18-12-8-11(15-10(2)16-12)17-13(9-14)6-4-5-7-13/h8H,3-7,9,14H2,1-2H3,(H,15,16,17). The first-order chi connectivity index (χ1) is 8.67. The molecule has 0 bridgehead atoms. The fourth-order valence-electron chi connectivity index (χ4n) is 2.53. The van der Waals surface area contributed by atoms with E-state index in [4.69, 9.17) is 10.5 Å². The van der Waals surface area contributed by atoms with Gasteiger partial charge in [0.25, 0.3) is 0 Å². The van der Waals surface area contributed by atoms with E-state index in [0.717, 1.165) is 18.7 Å². The number of nitrogens with zero attached hydrogens (tertiary/aromatic N) is 2. The Hall–Kier alpha value is -1.36. The summed E-state index contributed by atoms with van der Waals surface area (Å²) in [7, 11) is 0. The van der Waals surface area contributed by atoms with Gasteiger partial charge in [0.15, 0.2) is 0 Å². The molecule has 3 N–H and O–H groups in total. The minimum Gasteiger partial charge on any atom is -0.478 e. The Kier molecular flexibility index (Phi) is 4.01. The Morgan fingerprint density at radius 3 is 2.72 bits per heavy atom. The third-order valence-electron chi connectivity index (χ3n) is 3.45. The minimum absolute atomic E-state index is 0.00424. The highest BCUT2D eigenvalue weighted by molar-refractivity contribution is 5.41. The summed E-state index contributed by atoms with van der Waals surface area (Å²) in [5, 5.41) is 3.49. The van der Waals surface area contributed by atoms with Crippen molar-refractivity contribution in [2.75, 3.05) is 18.5 Å². The smallest absolute Gasteiger partial charge is 0.218 e. The lowest BCUT2D eigenvalue weighted by molar-refractivity contribution is 0.325.